The van der Waals surface area contributed by atoms with Gasteiger partial charge in [0.1, 0.15) is 0 Å². The molecule has 2 saturated carbocycles. The normalized spacial score (nSPS) is 17.3. The highest BCUT2D eigenvalue weighted by Gasteiger charge is 2.53. The van der Waals surface area contributed by atoms with Crippen LogP contribution in [0.2, 0.25) is 0 Å². The summed E-state index contributed by atoms with van der Waals surface area (Å²) in [5.41, 5.74) is 28.6. The van der Waals surface area contributed by atoms with Crippen molar-refractivity contribution < 1.29 is 9.47 Å². The number of benzene rings is 9. The van der Waals surface area contributed by atoms with Crippen molar-refractivity contribution in [3.05, 3.63) is 239 Å². The van der Waals surface area contributed by atoms with E-state index >= 15 is 0 Å². The first-order valence-corrected chi connectivity index (χ1v) is 43.9. The Bertz CT molecular complexity index is 4200. The molecule has 0 aromatic heterocycles. The maximum Gasteiger partial charge on any atom is 0.0946 e. The van der Waals surface area contributed by atoms with Crippen LogP contribution in [-0.4, -0.2) is 0 Å². The number of fused-ring (bicyclic) bond motifs is 10. The Morgan fingerprint density at radius 1 is 0.259 bits per heavy atom. The summed E-state index contributed by atoms with van der Waals surface area (Å²) >= 11 is 0. The van der Waals surface area contributed by atoms with Crippen LogP contribution in [0.3, 0.4) is 0 Å². The molecular formula is C104H128N2O2. The van der Waals surface area contributed by atoms with Crippen molar-refractivity contribution in [2.45, 2.75) is 320 Å². The van der Waals surface area contributed by atoms with E-state index in [1.807, 2.05) is 0 Å². The van der Waals surface area contributed by atoms with Gasteiger partial charge in [0.05, 0.1) is 33.8 Å². The first-order chi connectivity index (χ1) is 52.8. The molecule has 2 spiro atoms. The molecule has 0 atom stereocenters. The molecule has 0 unspecified atom stereocenters. The van der Waals surface area contributed by atoms with Gasteiger partial charge >= 0.3 is 0 Å². The van der Waals surface area contributed by atoms with Crippen molar-refractivity contribution in [3.63, 3.8) is 0 Å². The third kappa shape index (κ3) is 14.7. The van der Waals surface area contributed by atoms with E-state index in [1.54, 1.807) is 22.3 Å². The van der Waals surface area contributed by atoms with Crippen molar-refractivity contribution in [1.82, 2.24) is 0 Å². The van der Waals surface area contributed by atoms with Gasteiger partial charge in [-0.05, 0) is 242 Å². The van der Waals surface area contributed by atoms with E-state index in [9.17, 15) is 0 Å². The highest BCUT2D eigenvalue weighted by atomic mass is 16.5. The number of nitrogens with zero attached hydrogens (tertiary/aromatic N) is 2. The van der Waals surface area contributed by atoms with E-state index in [0.717, 1.165) is 51.4 Å². The molecule has 0 N–H and O–H groups in total. The van der Waals surface area contributed by atoms with Crippen LogP contribution in [0.25, 0.3) is 44.5 Å². The van der Waals surface area contributed by atoms with E-state index in [1.165, 1.54) is 281 Å². The number of ether oxygens (including phenoxy) is 2. The molecule has 4 aliphatic carbocycles. The lowest BCUT2D eigenvalue weighted by Crippen LogP contribution is -2.27. The fourth-order valence-corrected chi connectivity index (χ4v) is 21.8. The summed E-state index contributed by atoms with van der Waals surface area (Å²) in [4.78, 5) is 5.24. The summed E-state index contributed by atoms with van der Waals surface area (Å²) in [5, 5.41) is 0. The molecule has 566 valence electrons. The summed E-state index contributed by atoms with van der Waals surface area (Å²) < 4.78 is 14.3. The Hall–Kier alpha value is -7.50. The zero-order chi connectivity index (χ0) is 74.4. The van der Waals surface area contributed by atoms with Gasteiger partial charge in [-0.25, -0.2) is 0 Å². The Balaban J connectivity index is 0.911. The van der Waals surface area contributed by atoms with Gasteiger partial charge in [-0.3, -0.25) is 0 Å². The Labute approximate surface area is 652 Å². The average Bonchev–Trinajstić information content (AvgIpc) is 1.53. The van der Waals surface area contributed by atoms with Crippen molar-refractivity contribution in [1.29, 1.82) is 0 Å². The lowest BCUT2D eigenvalue weighted by Gasteiger charge is -2.36. The highest BCUT2D eigenvalue weighted by Crippen LogP contribution is 2.64. The Morgan fingerprint density at radius 2 is 0.574 bits per heavy atom. The summed E-state index contributed by atoms with van der Waals surface area (Å²) in [6.45, 7) is 18.7. The number of hydrogen-bond donors (Lipinski definition) is 0. The molecule has 4 nitrogen and oxygen atoms in total. The maximum absolute atomic E-state index is 7.16. The topological polar surface area (TPSA) is 24.9 Å². The summed E-state index contributed by atoms with van der Waals surface area (Å²) in [6.07, 6.45) is 44.7. The number of unbranched alkanes of at least 4 members (excludes halogenated alkanes) is 20. The van der Waals surface area contributed by atoms with E-state index in [0.29, 0.717) is 0 Å². The van der Waals surface area contributed by atoms with Gasteiger partial charge in [0.2, 0.25) is 0 Å². The molecule has 0 radical (unpaired) electrons. The number of anilines is 6. The molecule has 0 saturated heterocycles. The van der Waals surface area contributed by atoms with E-state index < -0.39 is 0 Å². The van der Waals surface area contributed by atoms with Crippen molar-refractivity contribution in [3.8, 4) is 44.5 Å². The SMILES string of the molecule is CCCCCCCCC1(CCCCCCCC)c2cc(N(c3ccccc3)c3ccccc3-c3ccc4c(c3)C(C)(C)OC43CCCC3)ccc2-c2cc3c(cc21)-c1ccc(N(c2ccccc2)c2ccccc2-c2ccc4c(c2)C(C)(C)OC42CCCC2)cc1C3(CCCCCCCC)CCCCCCCC. The van der Waals surface area contributed by atoms with Crippen LogP contribution >= 0.6 is 0 Å². The minimum Gasteiger partial charge on any atom is -0.360 e. The Morgan fingerprint density at radius 3 is 0.926 bits per heavy atom. The monoisotopic (exact) mass is 1440 g/mol. The minimum absolute atomic E-state index is 0.169. The van der Waals surface area contributed by atoms with Crippen LogP contribution in [0.4, 0.5) is 34.1 Å². The fraction of sp³-hybridized carbons (Fsp3) is 0.481. The predicted molar refractivity (Wildman–Crippen MR) is 460 cm³/mol. The minimum atomic E-state index is -0.366. The largest absolute Gasteiger partial charge is 0.360 e. The van der Waals surface area contributed by atoms with Crippen LogP contribution < -0.4 is 9.80 Å². The van der Waals surface area contributed by atoms with Gasteiger partial charge in [-0.15, -0.1) is 0 Å². The summed E-state index contributed by atoms with van der Waals surface area (Å²) in [6, 6.07) is 77.5. The lowest BCUT2D eigenvalue weighted by atomic mass is 9.68. The molecule has 9 aromatic carbocycles. The number of para-hydroxylation sites is 4. The van der Waals surface area contributed by atoms with Crippen LogP contribution in [-0.2, 0) is 42.7 Å². The highest BCUT2D eigenvalue weighted by molar-refractivity contribution is 5.96. The van der Waals surface area contributed by atoms with Crippen LogP contribution in [0.1, 0.15) is 331 Å². The second kappa shape index (κ2) is 33.2. The zero-order valence-electron chi connectivity index (χ0n) is 67.6. The molecule has 9 aromatic rings. The molecule has 0 bridgehead atoms. The summed E-state index contributed by atoms with van der Waals surface area (Å²) in [7, 11) is 0. The van der Waals surface area contributed by atoms with Crippen molar-refractivity contribution >= 4 is 34.1 Å². The average molecular weight is 1440 g/mol. The first kappa shape index (κ1) is 75.9. The van der Waals surface area contributed by atoms with Crippen molar-refractivity contribution in [2.24, 2.45) is 0 Å². The van der Waals surface area contributed by atoms with Gasteiger partial charge in [-0.1, -0.05) is 317 Å². The van der Waals surface area contributed by atoms with Crippen LogP contribution in [0.15, 0.2) is 194 Å². The Kier molecular flexibility index (Phi) is 23.3. The zero-order valence-corrected chi connectivity index (χ0v) is 67.6. The molecule has 2 fully saturated rings. The molecule has 6 aliphatic rings. The second-order valence-corrected chi connectivity index (χ2v) is 35.2. The van der Waals surface area contributed by atoms with Crippen LogP contribution in [0, 0.1) is 0 Å². The molecule has 4 heteroatoms. The molecule has 2 aliphatic heterocycles. The van der Waals surface area contributed by atoms with Gasteiger partial charge in [0.25, 0.3) is 0 Å². The first-order valence-electron chi connectivity index (χ1n) is 43.9. The molecule has 0 amide bonds. The van der Waals surface area contributed by atoms with Crippen molar-refractivity contribution in [2.75, 3.05) is 9.80 Å². The van der Waals surface area contributed by atoms with Crippen LogP contribution in [0.5, 0.6) is 0 Å². The molecular weight excluding hydrogens is 1310 g/mol. The van der Waals surface area contributed by atoms with Gasteiger partial charge in [0.15, 0.2) is 0 Å². The molecule has 15 rings (SSSR count). The van der Waals surface area contributed by atoms with E-state index in [4.69, 9.17) is 9.47 Å². The predicted octanol–water partition coefficient (Wildman–Crippen LogP) is 31.6. The number of rotatable bonds is 36. The molecule has 2 heterocycles. The standard InChI is InChI=1S/C104H128N2O2/c1-9-13-17-21-25-39-63-101(64-40-26-22-18-14-10-2)91-73-81(105(79-47-31-29-32-48-79)97-53-37-35-51-83(97)77-55-61-89-95(71-77)99(5,6)107-103(89)67-43-44-68-103)57-59-85(91)87-76-94-88(75-93(87)101)86-60-58-82(74-92(86)102(94,65-41-27-23-19-15-11-3)66-42-28-24-20-16-12-4)106(80-49-33-30-34-50-80)98-54-38-36-52-84(98)78-56-62-90-96(72-78)100(7,8)108-104(90)69-45-46-70-104/h29-38,47-62,71-76H,9-28,39-46,63-70H2,1-8H3. The second-order valence-electron chi connectivity index (χ2n) is 35.2. The van der Waals surface area contributed by atoms with Gasteiger partial charge < -0.3 is 19.3 Å². The van der Waals surface area contributed by atoms with E-state index in [2.05, 4.69) is 259 Å². The fourth-order valence-electron chi connectivity index (χ4n) is 21.8. The maximum atomic E-state index is 7.16. The third-order valence-electron chi connectivity index (χ3n) is 27.1. The van der Waals surface area contributed by atoms with Gasteiger partial charge in [-0.2, -0.15) is 0 Å². The quantitative estimate of drug-likeness (QED) is 0.0366. The summed E-state index contributed by atoms with van der Waals surface area (Å²) in [5.74, 6) is 0. The van der Waals surface area contributed by atoms with Gasteiger partial charge in [0, 0.05) is 44.7 Å². The number of hydrogen-bond acceptors (Lipinski definition) is 4. The van der Waals surface area contributed by atoms with E-state index in [-0.39, 0.29) is 33.2 Å². The third-order valence-corrected chi connectivity index (χ3v) is 27.1. The lowest BCUT2D eigenvalue weighted by molar-refractivity contribution is -0.122. The molecule has 108 heavy (non-hydrogen) atoms. The smallest absolute Gasteiger partial charge is 0.0946 e.